The fourth-order valence-electron chi connectivity index (χ4n) is 2.73. The van der Waals surface area contributed by atoms with E-state index >= 15 is 0 Å². The Morgan fingerprint density at radius 2 is 1.73 bits per heavy atom. The Morgan fingerprint density at radius 1 is 0.970 bits per heavy atom. The minimum absolute atomic E-state index is 0.201. The number of nitrogens with zero attached hydrogens (tertiary/aromatic N) is 1. The van der Waals surface area contributed by atoms with Gasteiger partial charge in [0.2, 0.25) is 0 Å². The van der Waals surface area contributed by atoms with E-state index in [1.807, 2.05) is 18.2 Å². The Bertz CT molecular complexity index is 1130. The second-order valence-electron chi connectivity index (χ2n) is 6.70. The number of hydrogen-bond acceptors (Lipinski definition) is 7. The quantitative estimate of drug-likeness (QED) is 0.398. The summed E-state index contributed by atoms with van der Waals surface area (Å²) in [5, 5.41) is 2.15. The first-order valence-electron chi connectivity index (χ1n) is 10.00. The molecule has 1 heterocycles. The van der Waals surface area contributed by atoms with Crippen molar-refractivity contribution in [2.24, 2.45) is 0 Å². The van der Waals surface area contributed by atoms with E-state index in [-0.39, 0.29) is 5.56 Å². The van der Waals surface area contributed by atoms with Gasteiger partial charge in [-0.15, -0.1) is 0 Å². The highest BCUT2D eigenvalue weighted by atomic mass is 16.5. The van der Waals surface area contributed by atoms with Gasteiger partial charge >= 0.3 is 5.97 Å². The predicted octanol–water partition coefficient (Wildman–Crippen LogP) is 3.18. The molecule has 0 saturated carbocycles. The van der Waals surface area contributed by atoms with E-state index in [9.17, 15) is 14.4 Å². The molecule has 33 heavy (non-hydrogen) atoms. The van der Waals surface area contributed by atoms with E-state index in [0.29, 0.717) is 18.1 Å². The molecule has 0 aliphatic carbocycles. The fraction of sp³-hybridized carbons (Fsp3) is 0.120. The van der Waals surface area contributed by atoms with Gasteiger partial charge in [0, 0.05) is 12.3 Å². The van der Waals surface area contributed by atoms with Crippen LogP contribution in [0, 0.1) is 0 Å². The summed E-state index contributed by atoms with van der Waals surface area (Å²) in [4.78, 5) is 40.1. The molecule has 0 atom stereocenters. The van der Waals surface area contributed by atoms with Crippen molar-refractivity contribution >= 4 is 23.9 Å². The van der Waals surface area contributed by atoms with Crippen LogP contribution in [-0.4, -0.2) is 36.5 Å². The maximum atomic E-state index is 12.2. The Balaban J connectivity index is 1.43. The maximum Gasteiger partial charge on any atom is 0.331 e. The van der Waals surface area contributed by atoms with Gasteiger partial charge < -0.3 is 14.2 Å². The molecule has 0 aliphatic heterocycles. The third kappa shape index (κ3) is 7.32. The molecule has 2 aromatic carbocycles. The molecule has 168 valence electrons. The zero-order valence-electron chi connectivity index (χ0n) is 17.9. The molecule has 1 N–H and O–H groups in total. The van der Waals surface area contributed by atoms with Gasteiger partial charge in [0.15, 0.2) is 6.61 Å². The van der Waals surface area contributed by atoms with Gasteiger partial charge in [-0.05, 0) is 48.0 Å². The van der Waals surface area contributed by atoms with Crippen LogP contribution in [0.15, 0.2) is 79.0 Å². The van der Waals surface area contributed by atoms with E-state index in [0.717, 1.165) is 11.3 Å². The van der Waals surface area contributed by atoms with Crippen molar-refractivity contribution in [2.45, 2.75) is 6.61 Å². The van der Waals surface area contributed by atoms with Crippen LogP contribution in [0.2, 0.25) is 0 Å². The topological polar surface area (TPSA) is 104 Å². The van der Waals surface area contributed by atoms with Crippen molar-refractivity contribution in [1.29, 1.82) is 0 Å². The molecule has 8 nitrogen and oxygen atoms in total. The Kier molecular flexibility index (Phi) is 8.30. The predicted molar refractivity (Wildman–Crippen MR) is 120 cm³/mol. The zero-order valence-corrected chi connectivity index (χ0v) is 17.9. The monoisotopic (exact) mass is 446 g/mol. The molecule has 0 radical (unpaired) electrons. The number of carbonyl (C=O) groups excluding carboxylic acids is 3. The van der Waals surface area contributed by atoms with E-state index in [4.69, 9.17) is 14.2 Å². The summed E-state index contributed by atoms with van der Waals surface area (Å²) in [5.41, 5.74) is 1.76. The number of para-hydroxylation sites is 1. The van der Waals surface area contributed by atoms with Crippen LogP contribution >= 0.6 is 0 Å². The highest BCUT2D eigenvalue weighted by molar-refractivity contribution is 6.06. The number of esters is 1. The maximum absolute atomic E-state index is 12.2. The van der Waals surface area contributed by atoms with Crippen LogP contribution in [-0.2, 0) is 20.9 Å². The van der Waals surface area contributed by atoms with Gasteiger partial charge in [-0.25, -0.2) is 4.79 Å². The summed E-state index contributed by atoms with van der Waals surface area (Å²) in [7, 11) is 1.42. The first kappa shape index (κ1) is 23.2. The molecule has 8 heteroatoms. The summed E-state index contributed by atoms with van der Waals surface area (Å²) < 4.78 is 15.6. The van der Waals surface area contributed by atoms with Crippen LogP contribution < -0.4 is 14.8 Å². The molecular weight excluding hydrogens is 424 g/mol. The van der Waals surface area contributed by atoms with Crippen molar-refractivity contribution in [3.63, 3.8) is 0 Å². The highest BCUT2D eigenvalue weighted by Gasteiger charge is 2.15. The average molecular weight is 446 g/mol. The minimum Gasteiger partial charge on any atom is -0.496 e. The fourth-order valence-corrected chi connectivity index (χ4v) is 2.73. The lowest BCUT2D eigenvalue weighted by Gasteiger charge is -2.08. The lowest BCUT2D eigenvalue weighted by Crippen LogP contribution is -2.34. The SMILES string of the molecule is COc1ccccc1C(=O)NC(=O)COC(=O)/C=C/c1ccc(OCc2ccccn2)cc1. The Labute approximate surface area is 190 Å². The molecule has 2 amide bonds. The third-order valence-corrected chi connectivity index (χ3v) is 4.35. The van der Waals surface area contributed by atoms with Crippen molar-refractivity contribution in [2.75, 3.05) is 13.7 Å². The molecular formula is C25H22N2O6. The number of methoxy groups -OCH3 is 1. The third-order valence-electron chi connectivity index (χ3n) is 4.35. The first-order chi connectivity index (χ1) is 16.0. The standard InChI is InChI=1S/C25H22N2O6/c1-31-22-8-3-2-7-21(22)25(30)27-23(28)17-33-24(29)14-11-18-9-12-20(13-10-18)32-16-19-6-4-5-15-26-19/h2-15H,16-17H2,1H3,(H,27,28,30)/b14-11+. The molecule has 3 rings (SSSR count). The van der Waals surface area contributed by atoms with Crippen molar-refractivity contribution in [3.05, 3.63) is 95.8 Å². The van der Waals surface area contributed by atoms with Gasteiger partial charge in [-0.2, -0.15) is 0 Å². The summed E-state index contributed by atoms with van der Waals surface area (Å²) in [6, 6.07) is 19.2. The van der Waals surface area contributed by atoms with Gasteiger partial charge in [-0.3, -0.25) is 19.9 Å². The van der Waals surface area contributed by atoms with Crippen LogP contribution in [0.1, 0.15) is 21.6 Å². The second kappa shape index (κ2) is 11.8. The molecule has 0 saturated heterocycles. The van der Waals surface area contributed by atoms with E-state index in [2.05, 4.69) is 10.3 Å². The number of benzene rings is 2. The number of amides is 2. The van der Waals surface area contributed by atoms with E-state index < -0.39 is 24.4 Å². The molecule has 0 spiro atoms. The first-order valence-corrected chi connectivity index (χ1v) is 10.00. The number of pyridine rings is 1. The minimum atomic E-state index is -0.748. The zero-order chi connectivity index (χ0) is 23.5. The number of nitrogens with one attached hydrogen (secondary N) is 1. The molecule has 0 unspecified atom stereocenters. The molecule has 1 aromatic heterocycles. The largest absolute Gasteiger partial charge is 0.496 e. The smallest absolute Gasteiger partial charge is 0.331 e. The van der Waals surface area contributed by atoms with Crippen LogP contribution in [0.25, 0.3) is 6.08 Å². The van der Waals surface area contributed by atoms with Gasteiger partial charge in [-0.1, -0.05) is 30.3 Å². The number of aromatic nitrogens is 1. The van der Waals surface area contributed by atoms with Crippen LogP contribution in [0.5, 0.6) is 11.5 Å². The molecule has 0 bridgehead atoms. The molecule has 0 aliphatic rings. The number of carbonyl (C=O) groups is 3. The number of rotatable bonds is 9. The lowest BCUT2D eigenvalue weighted by atomic mass is 10.2. The normalized spacial score (nSPS) is 10.5. The lowest BCUT2D eigenvalue weighted by molar-refractivity contribution is -0.143. The number of hydrogen-bond donors (Lipinski definition) is 1. The summed E-state index contributed by atoms with van der Waals surface area (Å²) in [6.45, 7) is -0.242. The van der Waals surface area contributed by atoms with Gasteiger partial charge in [0.25, 0.3) is 11.8 Å². The van der Waals surface area contributed by atoms with E-state index in [1.54, 1.807) is 54.7 Å². The summed E-state index contributed by atoms with van der Waals surface area (Å²) in [5.74, 6) is -1.12. The van der Waals surface area contributed by atoms with Gasteiger partial charge in [0.1, 0.15) is 18.1 Å². The molecule has 0 fully saturated rings. The van der Waals surface area contributed by atoms with Crippen LogP contribution in [0.3, 0.4) is 0 Å². The number of ether oxygens (including phenoxy) is 3. The van der Waals surface area contributed by atoms with Gasteiger partial charge in [0.05, 0.1) is 18.4 Å². The Hall–Kier alpha value is -4.46. The summed E-state index contributed by atoms with van der Waals surface area (Å²) >= 11 is 0. The van der Waals surface area contributed by atoms with Crippen molar-refractivity contribution in [1.82, 2.24) is 10.3 Å². The van der Waals surface area contributed by atoms with Crippen LogP contribution in [0.4, 0.5) is 0 Å². The number of imide groups is 1. The van der Waals surface area contributed by atoms with E-state index in [1.165, 1.54) is 19.3 Å². The highest BCUT2D eigenvalue weighted by Crippen LogP contribution is 2.17. The molecule has 3 aromatic rings. The van der Waals surface area contributed by atoms with Crippen molar-refractivity contribution in [3.8, 4) is 11.5 Å². The summed E-state index contributed by atoms with van der Waals surface area (Å²) in [6.07, 6.45) is 4.44. The Morgan fingerprint density at radius 3 is 2.45 bits per heavy atom. The average Bonchev–Trinajstić information content (AvgIpc) is 2.86. The second-order valence-corrected chi connectivity index (χ2v) is 6.70. The van der Waals surface area contributed by atoms with Crippen molar-refractivity contribution < 1.29 is 28.6 Å².